The molecule has 1 heterocycles. The lowest BCUT2D eigenvalue weighted by Crippen LogP contribution is -2.33. The van der Waals surface area contributed by atoms with E-state index in [2.05, 4.69) is 19.2 Å². The van der Waals surface area contributed by atoms with E-state index < -0.39 is 5.41 Å². The van der Waals surface area contributed by atoms with Crippen LogP contribution in [-0.4, -0.2) is 25.4 Å². The van der Waals surface area contributed by atoms with E-state index in [4.69, 9.17) is 0 Å². The number of hydrogen-bond acceptors (Lipinski definition) is 2. The van der Waals surface area contributed by atoms with Gasteiger partial charge >= 0.3 is 0 Å². The lowest BCUT2D eigenvalue weighted by Gasteiger charge is -2.16. The monoisotopic (exact) mass is 302 g/mol. The molecule has 0 spiro atoms. The van der Waals surface area contributed by atoms with Crippen molar-refractivity contribution in [2.24, 2.45) is 5.92 Å². The second-order valence-electron chi connectivity index (χ2n) is 7.05. The van der Waals surface area contributed by atoms with Crippen LogP contribution in [0.2, 0.25) is 0 Å². The molecule has 0 aromatic heterocycles. The number of amides is 2. The molecule has 4 heteroatoms. The summed E-state index contributed by atoms with van der Waals surface area (Å²) in [4.78, 5) is 26.0. The number of nitrogens with one attached hydrogen (secondary N) is 1. The van der Waals surface area contributed by atoms with Crippen LogP contribution in [0.15, 0.2) is 18.2 Å². The van der Waals surface area contributed by atoms with E-state index in [-0.39, 0.29) is 11.8 Å². The molecule has 0 saturated carbocycles. The Balaban J connectivity index is 2.08. The predicted molar refractivity (Wildman–Crippen MR) is 89.0 cm³/mol. The Hall–Kier alpha value is -1.84. The molecule has 0 bridgehead atoms. The first-order chi connectivity index (χ1) is 10.2. The number of carbonyl (C=O) groups excluding carboxylic acids is 2. The molecule has 2 rings (SSSR count). The predicted octanol–water partition coefficient (Wildman–Crippen LogP) is 2.65. The first-order valence-electron chi connectivity index (χ1n) is 7.91. The van der Waals surface area contributed by atoms with Gasteiger partial charge in [0, 0.05) is 19.3 Å². The van der Waals surface area contributed by atoms with E-state index in [0.29, 0.717) is 18.9 Å². The first kappa shape index (κ1) is 16.5. The minimum atomic E-state index is -0.520. The largest absolute Gasteiger partial charge is 0.356 e. The molecule has 1 aromatic rings. The smallest absolute Gasteiger partial charge is 0.236 e. The molecule has 1 aliphatic heterocycles. The molecule has 1 aromatic carbocycles. The van der Waals surface area contributed by atoms with Crippen molar-refractivity contribution < 1.29 is 9.59 Å². The third kappa shape index (κ3) is 3.16. The highest BCUT2D eigenvalue weighted by Gasteiger charge is 2.42. The Kier molecular flexibility index (Phi) is 4.59. The van der Waals surface area contributed by atoms with Crippen molar-refractivity contribution in [2.45, 2.75) is 46.0 Å². The molecule has 0 atom stereocenters. The molecule has 1 aliphatic rings. The number of nitrogens with zero attached hydrogens (tertiary/aromatic N) is 1. The summed E-state index contributed by atoms with van der Waals surface area (Å²) in [5, 5.41) is 2.95. The maximum atomic E-state index is 12.3. The summed E-state index contributed by atoms with van der Waals surface area (Å²) in [6.45, 7) is 8.87. The van der Waals surface area contributed by atoms with Gasteiger partial charge in [-0.15, -0.1) is 0 Å². The molecule has 0 unspecified atom stereocenters. The van der Waals surface area contributed by atoms with Gasteiger partial charge in [0.25, 0.3) is 0 Å². The SMILES string of the molecule is CC(C)CCNC(=O)Cc1ccc2c(c1)C(C)(C)C(=O)N2C. The summed E-state index contributed by atoms with van der Waals surface area (Å²) >= 11 is 0. The van der Waals surface area contributed by atoms with Gasteiger partial charge in [-0.25, -0.2) is 0 Å². The maximum absolute atomic E-state index is 12.3. The third-order valence-corrected chi connectivity index (χ3v) is 4.34. The number of rotatable bonds is 5. The lowest BCUT2D eigenvalue weighted by atomic mass is 9.85. The van der Waals surface area contributed by atoms with E-state index >= 15 is 0 Å². The molecule has 0 aliphatic carbocycles. The fourth-order valence-electron chi connectivity index (χ4n) is 2.88. The average Bonchev–Trinajstić information content (AvgIpc) is 2.60. The van der Waals surface area contributed by atoms with Gasteiger partial charge in [0.05, 0.1) is 11.8 Å². The van der Waals surface area contributed by atoms with Crippen molar-refractivity contribution >= 4 is 17.5 Å². The number of likely N-dealkylation sites (N-methyl/N-ethyl adjacent to an activating group) is 1. The molecule has 2 amide bonds. The van der Waals surface area contributed by atoms with Gasteiger partial charge in [0.2, 0.25) is 11.8 Å². The van der Waals surface area contributed by atoms with Crippen LogP contribution in [0.3, 0.4) is 0 Å². The Labute approximate surface area is 132 Å². The van der Waals surface area contributed by atoms with E-state index in [9.17, 15) is 9.59 Å². The van der Waals surface area contributed by atoms with Crippen LogP contribution in [0.4, 0.5) is 5.69 Å². The van der Waals surface area contributed by atoms with Crippen molar-refractivity contribution in [2.75, 3.05) is 18.5 Å². The van der Waals surface area contributed by atoms with Gasteiger partial charge in [-0.3, -0.25) is 9.59 Å². The van der Waals surface area contributed by atoms with Crippen LogP contribution in [0, 0.1) is 5.92 Å². The minimum absolute atomic E-state index is 0.0380. The number of carbonyl (C=O) groups is 2. The summed E-state index contributed by atoms with van der Waals surface area (Å²) in [5.41, 5.74) is 2.39. The van der Waals surface area contributed by atoms with Crippen LogP contribution >= 0.6 is 0 Å². The minimum Gasteiger partial charge on any atom is -0.356 e. The van der Waals surface area contributed by atoms with E-state index in [1.807, 2.05) is 32.0 Å². The van der Waals surface area contributed by atoms with Gasteiger partial charge in [-0.05, 0) is 43.4 Å². The van der Waals surface area contributed by atoms with Crippen molar-refractivity contribution in [1.29, 1.82) is 0 Å². The summed E-state index contributed by atoms with van der Waals surface area (Å²) in [6.07, 6.45) is 1.35. The molecular weight excluding hydrogens is 276 g/mol. The quantitative estimate of drug-likeness (QED) is 0.909. The van der Waals surface area contributed by atoms with Crippen LogP contribution in [0.1, 0.15) is 45.2 Å². The van der Waals surface area contributed by atoms with Crippen molar-refractivity contribution in [3.8, 4) is 0 Å². The Morgan fingerprint density at radius 2 is 2.00 bits per heavy atom. The lowest BCUT2D eigenvalue weighted by molar-refractivity contribution is -0.122. The molecule has 0 radical (unpaired) electrons. The second kappa shape index (κ2) is 6.11. The molecule has 0 saturated heterocycles. The zero-order valence-corrected chi connectivity index (χ0v) is 14.2. The van der Waals surface area contributed by atoms with E-state index in [0.717, 1.165) is 23.2 Å². The molecule has 120 valence electrons. The van der Waals surface area contributed by atoms with E-state index in [1.54, 1.807) is 11.9 Å². The van der Waals surface area contributed by atoms with Crippen LogP contribution in [0.5, 0.6) is 0 Å². The highest BCUT2D eigenvalue weighted by Crippen LogP contribution is 2.41. The van der Waals surface area contributed by atoms with Crippen molar-refractivity contribution in [3.05, 3.63) is 29.3 Å². The zero-order chi connectivity index (χ0) is 16.5. The topological polar surface area (TPSA) is 49.4 Å². The zero-order valence-electron chi connectivity index (χ0n) is 14.2. The Morgan fingerprint density at radius 1 is 1.32 bits per heavy atom. The maximum Gasteiger partial charge on any atom is 0.236 e. The normalized spacial score (nSPS) is 16.1. The highest BCUT2D eigenvalue weighted by atomic mass is 16.2. The first-order valence-corrected chi connectivity index (χ1v) is 7.91. The Morgan fingerprint density at radius 3 is 2.64 bits per heavy atom. The molecular formula is C18H26N2O2. The summed E-state index contributed by atoms with van der Waals surface area (Å²) in [6, 6.07) is 5.88. The summed E-state index contributed by atoms with van der Waals surface area (Å²) < 4.78 is 0. The number of benzene rings is 1. The summed E-state index contributed by atoms with van der Waals surface area (Å²) in [5.74, 6) is 0.722. The van der Waals surface area contributed by atoms with Crippen molar-refractivity contribution in [1.82, 2.24) is 5.32 Å². The highest BCUT2D eigenvalue weighted by molar-refractivity contribution is 6.07. The van der Waals surface area contributed by atoms with Crippen LogP contribution in [0.25, 0.3) is 0 Å². The van der Waals surface area contributed by atoms with Crippen LogP contribution in [-0.2, 0) is 21.4 Å². The molecule has 0 fully saturated rings. The number of hydrogen-bond donors (Lipinski definition) is 1. The van der Waals surface area contributed by atoms with Gasteiger partial charge in [-0.2, -0.15) is 0 Å². The van der Waals surface area contributed by atoms with Gasteiger partial charge in [-0.1, -0.05) is 26.0 Å². The van der Waals surface area contributed by atoms with Crippen molar-refractivity contribution in [3.63, 3.8) is 0 Å². The van der Waals surface area contributed by atoms with Crippen LogP contribution < -0.4 is 10.2 Å². The Bertz CT molecular complexity index is 591. The average molecular weight is 302 g/mol. The fraction of sp³-hybridized carbons (Fsp3) is 0.556. The fourth-order valence-corrected chi connectivity index (χ4v) is 2.88. The number of anilines is 1. The second-order valence-corrected chi connectivity index (χ2v) is 7.05. The van der Waals surface area contributed by atoms with E-state index in [1.165, 1.54) is 0 Å². The molecule has 22 heavy (non-hydrogen) atoms. The summed E-state index contributed by atoms with van der Waals surface area (Å²) in [7, 11) is 1.80. The molecule has 4 nitrogen and oxygen atoms in total. The van der Waals surface area contributed by atoms with Gasteiger partial charge in [0.1, 0.15) is 0 Å². The van der Waals surface area contributed by atoms with Gasteiger partial charge < -0.3 is 10.2 Å². The molecule has 1 N–H and O–H groups in total. The standard InChI is InChI=1S/C18H26N2O2/c1-12(2)8-9-19-16(21)11-13-6-7-15-14(10-13)18(3,4)17(22)20(15)5/h6-7,10,12H,8-9,11H2,1-5H3,(H,19,21). The number of fused-ring (bicyclic) bond motifs is 1. The third-order valence-electron chi connectivity index (χ3n) is 4.34. The van der Waals surface area contributed by atoms with Gasteiger partial charge in [0.15, 0.2) is 0 Å².